The molecule has 0 saturated heterocycles. The molecule has 0 bridgehead atoms. The van der Waals surface area contributed by atoms with Gasteiger partial charge in [-0.05, 0) is 57.4 Å². The maximum atomic E-state index is 13.5. The number of thioether (sulfide) groups is 1. The normalized spacial score (nSPS) is 12.1. The zero-order valence-electron chi connectivity index (χ0n) is 17.5. The molecule has 0 unspecified atom stereocenters. The number of benzene rings is 2. The molecule has 12 heteroatoms. The Morgan fingerprint density at radius 2 is 1.91 bits per heavy atom. The molecule has 3 aromatic rings. The first-order valence-corrected chi connectivity index (χ1v) is 10.4. The van der Waals surface area contributed by atoms with Gasteiger partial charge in [0, 0.05) is 17.4 Å². The Bertz CT molecular complexity index is 1140. The highest BCUT2D eigenvalue weighted by atomic mass is 32.2. The predicted octanol–water partition coefficient (Wildman–Crippen LogP) is 3.81. The number of nitrogens with zero attached hydrogens (tertiary/aromatic N) is 5. The topological polar surface area (TPSA) is 106 Å². The minimum Gasteiger partial charge on any atom is -0.325 e. The van der Waals surface area contributed by atoms with Gasteiger partial charge in [-0.25, -0.2) is 4.39 Å². The smallest absolute Gasteiger partial charge is 0.306 e. The zero-order valence-corrected chi connectivity index (χ0v) is 18.3. The minimum absolute atomic E-state index is 0.0825. The van der Waals surface area contributed by atoms with Gasteiger partial charge in [0.25, 0.3) is 0 Å². The van der Waals surface area contributed by atoms with E-state index in [1.165, 1.54) is 18.2 Å². The second-order valence-electron chi connectivity index (χ2n) is 7.05. The SMILES string of the molecule is C[C@@H](c1nnc(SCC(=O)Nc2ccc(F)c([N+](=O)[O-])c2)n1-c1ccc(F)cc1)N(C)C. The van der Waals surface area contributed by atoms with Crippen LogP contribution in [0.5, 0.6) is 0 Å². The molecule has 0 spiro atoms. The number of carbonyl (C=O) groups excluding carboxylic acids is 1. The Hall–Kier alpha value is -3.38. The summed E-state index contributed by atoms with van der Waals surface area (Å²) in [6.07, 6.45) is 0. The van der Waals surface area contributed by atoms with Crippen LogP contribution in [0.2, 0.25) is 0 Å². The van der Waals surface area contributed by atoms with Crippen LogP contribution in [0.25, 0.3) is 5.69 Å². The van der Waals surface area contributed by atoms with Gasteiger partial charge in [0.05, 0.1) is 16.7 Å². The number of carbonyl (C=O) groups is 1. The highest BCUT2D eigenvalue weighted by molar-refractivity contribution is 7.99. The van der Waals surface area contributed by atoms with Crippen LogP contribution in [0.1, 0.15) is 18.8 Å². The molecule has 2 aromatic carbocycles. The quantitative estimate of drug-likeness (QED) is 0.308. The van der Waals surface area contributed by atoms with E-state index in [9.17, 15) is 23.7 Å². The lowest BCUT2D eigenvalue weighted by Crippen LogP contribution is -2.21. The Kier molecular flexibility index (Phi) is 7.15. The fourth-order valence-electron chi connectivity index (χ4n) is 2.77. The van der Waals surface area contributed by atoms with Crippen molar-refractivity contribution in [2.75, 3.05) is 25.2 Å². The molecule has 1 atom stereocenters. The number of halogens is 2. The van der Waals surface area contributed by atoms with Gasteiger partial charge in [0.15, 0.2) is 11.0 Å². The number of anilines is 1. The van der Waals surface area contributed by atoms with Crippen molar-refractivity contribution < 1.29 is 18.5 Å². The van der Waals surface area contributed by atoms with E-state index in [2.05, 4.69) is 15.5 Å². The summed E-state index contributed by atoms with van der Waals surface area (Å²) in [6, 6.07) is 8.82. The van der Waals surface area contributed by atoms with Crippen molar-refractivity contribution in [3.8, 4) is 5.69 Å². The van der Waals surface area contributed by atoms with Crippen molar-refractivity contribution in [2.24, 2.45) is 0 Å². The van der Waals surface area contributed by atoms with Crippen molar-refractivity contribution in [3.05, 3.63) is 70.0 Å². The van der Waals surface area contributed by atoms with E-state index in [1.807, 2.05) is 25.9 Å². The van der Waals surface area contributed by atoms with Crippen molar-refractivity contribution in [2.45, 2.75) is 18.1 Å². The van der Waals surface area contributed by atoms with E-state index in [1.54, 1.807) is 16.7 Å². The van der Waals surface area contributed by atoms with E-state index in [0.29, 0.717) is 16.7 Å². The van der Waals surface area contributed by atoms with Crippen LogP contribution in [0.3, 0.4) is 0 Å². The van der Waals surface area contributed by atoms with Gasteiger partial charge in [0.1, 0.15) is 5.82 Å². The molecule has 0 aliphatic heterocycles. The number of nitrogens with one attached hydrogen (secondary N) is 1. The van der Waals surface area contributed by atoms with Crippen molar-refractivity contribution in [3.63, 3.8) is 0 Å². The monoisotopic (exact) mass is 462 g/mol. The van der Waals surface area contributed by atoms with E-state index < -0.39 is 22.3 Å². The molecular formula is C20H20F2N6O3S. The molecule has 1 heterocycles. The van der Waals surface area contributed by atoms with Crippen LogP contribution in [0.4, 0.5) is 20.2 Å². The van der Waals surface area contributed by atoms with Crippen LogP contribution in [-0.2, 0) is 4.79 Å². The molecular weight excluding hydrogens is 442 g/mol. The summed E-state index contributed by atoms with van der Waals surface area (Å²) >= 11 is 1.09. The second-order valence-corrected chi connectivity index (χ2v) is 7.99. The van der Waals surface area contributed by atoms with Crippen LogP contribution < -0.4 is 5.32 Å². The molecule has 0 aliphatic rings. The van der Waals surface area contributed by atoms with Gasteiger partial charge in [0.2, 0.25) is 11.7 Å². The first-order chi connectivity index (χ1) is 15.2. The average Bonchev–Trinajstić information content (AvgIpc) is 3.17. The van der Waals surface area contributed by atoms with Crippen molar-refractivity contribution in [1.82, 2.24) is 19.7 Å². The van der Waals surface area contributed by atoms with Crippen molar-refractivity contribution in [1.29, 1.82) is 0 Å². The van der Waals surface area contributed by atoms with E-state index >= 15 is 0 Å². The molecule has 0 saturated carbocycles. The largest absolute Gasteiger partial charge is 0.325 e. The average molecular weight is 462 g/mol. The Morgan fingerprint density at radius 1 is 1.22 bits per heavy atom. The third-order valence-corrected chi connectivity index (χ3v) is 5.58. The van der Waals surface area contributed by atoms with Gasteiger partial charge in [-0.2, -0.15) is 4.39 Å². The van der Waals surface area contributed by atoms with E-state index in [4.69, 9.17) is 0 Å². The summed E-state index contributed by atoms with van der Waals surface area (Å²) in [7, 11) is 3.77. The number of aromatic nitrogens is 3. The molecule has 168 valence electrons. The maximum Gasteiger partial charge on any atom is 0.306 e. The zero-order chi connectivity index (χ0) is 23.4. The fourth-order valence-corrected chi connectivity index (χ4v) is 3.53. The Balaban J connectivity index is 1.80. The number of nitro groups is 1. The van der Waals surface area contributed by atoms with Gasteiger partial charge in [-0.1, -0.05) is 11.8 Å². The number of nitro benzene ring substituents is 1. The maximum absolute atomic E-state index is 13.5. The predicted molar refractivity (Wildman–Crippen MR) is 116 cm³/mol. The van der Waals surface area contributed by atoms with Crippen LogP contribution in [-0.4, -0.2) is 50.3 Å². The molecule has 9 nitrogen and oxygen atoms in total. The molecule has 0 radical (unpaired) electrons. The second kappa shape index (κ2) is 9.83. The summed E-state index contributed by atoms with van der Waals surface area (Å²) in [4.78, 5) is 24.3. The molecule has 1 amide bonds. The molecule has 1 N–H and O–H groups in total. The summed E-state index contributed by atoms with van der Waals surface area (Å²) in [5.74, 6) is -1.31. The van der Waals surface area contributed by atoms with Crippen LogP contribution in [0.15, 0.2) is 47.6 Å². The van der Waals surface area contributed by atoms with Gasteiger partial charge in [-0.3, -0.25) is 24.4 Å². The Labute approximate surface area is 186 Å². The highest BCUT2D eigenvalue weighted by Gasteiger charge is 2.22. The first-order valence-electron chi connectivity index (χ1n) is 9.41. The van der Waals surface area contributed by atoms with Crippen molar-refractivity contribution >= 4 is 29.0 Å². The fraction of sp³-hybridized carbons (Fsp3) is 0.250. The lowest BCUT2D eigenvalue weighted by Gasteiger charge is -2.20. The third kappa shape index (κ3) is 5.26. The summed E-state index contributed by atoms with van der Waals surface area (Å²) in [5, 5.41) is 22.2. The summed E-state index contributed by atoms with van der Waals surface area (Å²) in [6.45, 7) is 1.94. The number of rotatable bonds is 8. The standard InChI is InChI=1S/C20H20F2N6O3S/c1-12(26(2)3)19-24-25-20(27(19)15-7-4-13(21)5-8-15)32-11-18(29)23-14-6-9-16(22)17(10-14)28(30)31/h4-10,12H,11H2,1-3H3,(H,23,29)/t12-/m0/s1. The molecule has 0 aliphatic carbocycles. The first kappa shape index (κ1) is 23.3. The Morgan fingerprint density at radius 3 is 2.53 bits per heavy atom. The lowest BCUT2D eigenvalue weighted by molar-refractivity contribution is -0.387. The van der Waals surface area contributed by atoms with E-state index in [-0.39, 0.29) is 23.3 Å². The van der Waals surface area contributed by atoms with Gasteiger partial charge >= 0.3 is 5.69 Å². The number of hydrogen-bond acceptors (Lipinski definition) is 7. The van der Waals surface area contributed by atoms with Gasteiger partial charge < -0.3 is 5.32 Å². The molecule has 0 fully saturated rings. The van der Waals surface area contributed by atoms with Gasteiger partial charge in [-0.15, -0.1) is 10.2 Å². The minimum atomic E-state index is -0.989. The van der Waals surface area contributed by atoms with E-state index in [0.717, 1.165) is 23.9 Å². The number of hydrogen-bond donors (Lipinski definition) is 1. The van der Waals surface area contributed by atoms with Crippen LogP contribution >= 0.6 is 11.8 Å². The van der Waals surface area contributed by atoms with Crippen LogP contribution in [0, 0.1) is 21.7 Å². The number of amides is 1. The third-order valence-electron chi connectivity index (χ3n) is 4.65. The summed E-state index contributed by atoms with van der Waals surface area (Å²) < 4.78 is 28.6. The molecule has 1 aromatic heterocycles. The highest BCUT2D eigenvalue weighted by Crippen LogP contribution is 2.27. The molecule has 3 rings (SSSR count). The lowest BCUT2D eigenvalue weighted by atomic mass is 10.2. The summed E-state index contributed by atoms with van der Waals surface area (Å²) in [5.41, 5.74) is 0.0107. The molecule has 32 heavy (non-hydrogen) atoms.